The highest BCUT2D eigenvalue weighted by Gasteiger charge is 2.25. The van der Waals surface area contributed by atoms with Gasteiger partial charge in [-0.15, -0.1) is 0 Å². The fourth-order valence-corrected chi connectivity index (χ4v) is 2.77. The van der Waals surface area contributed by atoms with Crippen LogP contribution in [0, 0.1) is 5.82 Å². The monoisotopic (exact) mass is 313 g/mol. The van der Waals surface area contributed by atoms with E-state index >= 15 is 0 Å². The molecule has 0 aromatic heterocycles. The zero-order valence-corrected chi connectivity index (χ0v) is 13.2. The molecular weight excluding hydrogens is 293 g/mol. The zero-order chi connectivity index (χ0) is 15.6. The van der Waals surface area contributed by atoms with E-state index in [9.17, 15) is 9.18 Å². The summed E-state index contributed by atoms with van der Waals surface area (Å²) >= 11 is 5.94. The van der Waals surface area contributed by atoms with Crippen LogP contribution in [0.3, 0.4) is 0 Å². The van der Waals surface area contributed by atoms with E-state index in [4.69, 9.17) is 17.3 Å². The van der Waals surface area contributed by atoms with Crippen LogP contribution in [0.15, 0.2) is 18.2 Å². The van der Waals surface area contributed by atoms with E-state index in [0.29, 0.717) is 18.7 Å². The minimum atomic E-state index is -0.438. The van der Waals surface area contributed by atoms with Crippen LogP contribution in [0.25, 0.3) is 0 Å². The van der Waals surface area contributed by atoms with Gasteiger partial charge in [0.15, 0.2) is 0 Å². The molecule has 0 aliphatic carbocycles. The lowest BCUT2D eigenvalue weighted by Gasteiger charge is -2.37. The van der Waals surface area contributed by atoms with Crippen molar-refractivity contribution in [2.45, 2.75) is 19.4 Å². The molecule has 0 atom stereocenters. The second-order valence-corrected chi connectivity index (χ2v) is 6.59. The van der Waals surface area contributed by atoms with E-state index in [1.807, 2.05) is 13.8 Å². The second-order valence-electron chi connectivity index (χ2n) is 6.18. The summed E-state index contributed by atoms with van der Waals surface area (Å²) in [6.07, 6.45) is 0. The third-order valence-electron chi connectivity index (χ3n) is 3.45. The van der Waals surface area contributed by atoms with Gasteiger partial charge in [0.1, 0.15) is 5.82 Å². The summed E-state index contributed by atoms with van der Waals surface area (Å²) < 4.78 is 13.0. The first-order valence-corrected chi connectivity index (χ1v) is 7.40. The maximum absolute atomic E-state index is 13.0. The Labute approximate surface area is 129 Å². The molecule has 1 aliphatic heterocycles. The van der Waals surface area contributed by atoms with Crippen LogP contribution in [0.4, 0.5) is 4.39 Å². The first-order valence-electron chi connectivity index (χ1n) is 7.02. The number of benzene rings is 1. The number of nitrogens with two attached hydrogens (primary N) is 1. The molecule has 1 amide bonds. The molecule has 1 aliphatic rings. The van der Waals surface area contributed by atoms with E-state index in [2.05, 4.69) is 4.90 Å². The quantitative estimate of drug-likeness (QED) is 0.928. The molecule has 116 valence electrons. The van der Waals surface area contributed by atoms with E-state index in [1.165, 1.54) is 18.2 Å². The maximum atomic E-state index is 13.0. The summed E-state index contributed by atoms with van der Waals surface area (Å²) in [7, 11) is 0. The van der Waals surface area contributed by atoms with Crippen molar-refractivity contribution in [2.24, 2.45) is 5.73 Å². The highest BCUT2D eigenvalue weighted by atomic mass is 35.5. The topological polar surface area (TPSA) is 49.6 Å². The van der Waals surface area contributed by atoms with Gasteiger partial charge in [0, 0.05) is 38.3 Å². The number of piperazine rings is 1. The Kier molecular flexibility index (Phi) is 4.86. The van der Waals surface area contributed by atoms with Gasteiger partial charge < -0.3 is 10.6 Å². The van der Waals surface area contributed by atoms with Crippen molar-refractivity contribution in [1.82, 2.24) is 9.80 Å². The highest BCUT2D eigenvalue weighted by molar-refractivity contribution is 6.33. The molecule has 1 heterocycles. The first-order chi connectivity index (χ1) is 9.76. The molecule has 0 radical (unpaired) electrons. The molecule has 1 aromatic rings. The van der Waals surface area contributed by atoms with Crippen molar-refractivity contribution < 1.29 is 9.18 Å². The Bertz CT molecular complexity index is 522. The summed E-state index contributed by atoms with van der Waals surface area (Å²) in [6, 6.07) is 3.86. The van der Waals surface area contributed by atoms with Crippen LogP contribution in [0.5, 0.6) is 0 Å². The number of amides is 1. The van der Waals surface area contributed by atoms with Crippen LogP contribution in [0.2, 0.25) is 5.02 Å². The van der Waals surface area contributed by atoms with E-state index in [-0.39, 0.29) is 16.5 Å². The molecule has 21 heavy (non-hydrogen) atoms. The molecule has 0 bridgehead atoms. The van der Waals surface area contributed by atoms with Crippen molar-refractivity contribution in [1.29, 1.82) is 0 Å². The highest BCUT2D eigenvalue weighted by Crippen LogP contribution is 2.20. The molecule has 1 fully saturated rings. The summed E-state index contributed by atoms with van der Waals surface area (Å²) in [4.78, 5) is 16.4. The minimum absolute atomic E-state index is 0.147. The van der Waals surface area contributed by atoms with Gasteiger partial charge in [-0.3, -0.25) is 9.69 Å². The van der Waals surface area contributed by atoms with Gasteiger partial charge in [-0.1, -0.05) is 11.6 Å². The van der Waals surface area contributed by atoms with Crippen LogP contribution in [-0.2, 0) is 0 Å². The summed E-state index contributed by atoms with van der Waals surface area (Å²) in [5, 5.41) is 0.158. The SMILES string of the molecule is CC(C)(N)CN1CCN(C(=O)c2ccc(F)cc2Cl)CC1. The number of carbonyl (C=O) groups is 1. The largest absolute Gasteiger partial charge is 0.336 e. The smallest absolute Gasteiger partial charge is 0.255 e. The summed E-state index contributed by atoms with van der Waals surface area (Å²) in [5.41, 5.74) is 6.12. The maximum Gasteiger partial charge on any atom is 0.255 e. The van der Waals surface area contributed by atoms with Crippen molar-refractivity contribution in [3.63, 3.8) is 0 Å². The van der Waals surface area contributed by atoms with Crippen LogP contribution in [-0.4, -0.2) is 54.0 Å². The fourth-order valence-electron chi connectivity index (χ4n) is 2.52. The van der Waals surface area contributed by atoms with Gasteiger partial charge >= 0.3 is 0 Å². The Hall–Kier alpha value is -1.17. The lowest BCUT2D eigenvalue weighted by molar-refractivity contribution is 0.0616. The third kappa shape index (κ3) is 4.40. The van der Waals surface area contributed by atoms with Gasteiger partial charge in [0.2, 0.25) is 0 Å². The standard InChI is InChI=1S/C15H21ClFN3O/c1-15(2,18)10-19-5-7-20(8-6-19)14(21)12-4-3-11(17)9-13(12)16/h3-4,9H,5-8,10,18H2,1-2H3. The van der Waals surface area contributed by atoms with E-state index in [1.54, 1.807) is 4.90 Å². The average molecular weight is 314 g/mol. The van der Waals surface area contributed by atoms with Crippen LogP contribution >= 0.6 is 11.6 Å². The van der Waals surface area contributed by atoms with Gasteiger partial charge in [0.05, 0.1) is 10.6 Å². The minimum Gasteiger partial charge on any atom is -0.336 e. The Morgan fingerprint density at radius 2 is 1.95 bits per heavy atom. The number of halogens is 2. The van der Waals surface area contributed by atoms with Crippen molar-refractivity contribution in [3.05, 3.63) is 34.6 Å². The molecule has 1 saturated heterocycles. The molecule has 2 rings (SSSR count). The third-order valence-corrected chi connectivity index (χ3v) is 3.76. The molecule has 1 aromatic carbocycles. The number of hydrogen-bond donors (Lipinski definition) is 1. The zero-order valence-electron chi connectivity index (χ0n) is 12.4. The Morgan fingerprint density at radius 3 is 2.48 bits per heavy atom. The van der Waals surface area contributed by atoms with Gasteiger partial charge in [-0.05, 0) is 32.0 Å². The molecule has 0 saturated carbocycles. The van der Waals surface area contributed by atoms with Crippen molar-refractivity contribution in [2.75, 3.05) is 32.7 Å². The lowest BCUT2D eigenvalue weighted by atomic mass is 10.1. The second kappa shape index (κ2) is 6.30. The Morgan fingerprint density at radius 1 is 1.33 bits per heavy atom. The molecule has 6 heteroatoms. The fraction of sp³-hybridized carbons (Fsp3) is 0.533. The predicted molar refractivity (Wildman–Crippen MR) is 82.0 cm³/mol. The van der Waals surface area contributed by atoms with Crippen molar-refractivity contribution >= 4 is 17.5 Å². The number of nitrogens with zero attached hydrogens (tertiary/aromatic N) is 2. The van der Waals surface area contributed by atoms with Crippen molar-refractivity contribution in [3.8, 4) is 0 Å². The van der Waals surface area contributed by atoms with Crippen LogP contribution in [0.1, 0.15) is 24.2 Å². The lowest BCUT2D eigenvalue weighted by Crippen LogP contribution is -2.54. The van der Waals surface area contributed by atoms with Gasteiger partial charge in [-0.2, -0.15) is 0 Å². The molecule has 2 N–H and O–H groups in total. The summed E-state index contributed by atoms with van der Waals surface area (Å²) in [6.45, 7) is 7.60. The molecule has 4 nitrogen and oxygen atoms in total. The Balaban J connectivity index is 1.97. The number of hydrogen-bond acceptors (Lipinski definition) is 3. The van der Waals surface area contributed by atoms with E-state index in [0.717, 1.165) is 19.6 Å². The summed E-state index contributed by atoms with van der Waals surface area (Å²) in [5.74, 6) is -0.585. The van der Waals surface area contributed by atoms with Gasteiger partial charge in [0.25, 0.3) is 5.91 Å². The average Bonchev–Trinajstić information content (AvgIpc) is 2.37. The number of carbonyl (C=O) groups excluding carboxylic acids is 1. The number of rotatable bonds is 3. The molecule has 0 unspecified atom stereocenters. The normalized spacial score (nSPS) is 17.1. The molecular formula is C15H21ClFN3O. The first kappa shape index (κ1) is 16.2. The van der Waals surface area contributed by atoms with Gasteiger partial charge in [-0.25, -0.2) is 4.39 Å². The van der Waals surface area contributed by atoms with Crippen LogP contribution < -0.4 is 5.73 Å². The molecule has 0 spiro atoms. The van der Waals surface area contributed by atoms with E-state index < -0.39 is 5.82 Å². The predicted octanol–water partition coefficient (Wildman–Crippen LogP) is 1.97.